The minimum absolute atomic E-state index is 0.0982. The minimum atomic E-state index is -0.782. The Morgan fingerprint density at radius 2 is 1.92 bits per heavy atom. The van der Waals surface area contributed by atoms with Gasteiger partial charge in [0.25, 0.3) is 0 Å². The van der Waals surface area contributed by atoms with E-state index < -0.39 is 17.6 Å². The minimum Gasteiger partial charge on any atom is -0.323 e. The van der Waals surface area contributed by atoms with E-state index >= 15 is 0 Å². The maximum absolute atomic E-state index is 13.6. The molecule has 0 aliphatic carbocycles. The quantitative estimate of drug-likeness (QED) is 0.876. The average molecular weight is 326 g/mol. The maximum Gasteiger partial charge on any atom is 0.239 e. The van der Waals surface area contributed by atoms with E-state index in [1.165, 1.54) is 17.7 Å². The van der Waals surface area contributed by atoms with Crippen LogP contribution in [-0.4, -0.2) is 18.4 Å². The topological polar surface area (TPSA) is 49.4 Å². The Bertz CT molecular complexity index is 758. The first-order valence-corrected chi connectivity index (χ1v) is 8.06. The van der Waals surface area contributed by atoms with Gasteiger partial charge in [-0.25, -0.2) is 4.39 Å². The molecule has 1 aliphatic heterocycles. The third-order valence-electron chi connectivity index (χ3n) is 4.31. The first-order valence-electron chi connectivity index (χ1n) is 8.06. The normalized spacial score (nSPS) is 17.2. The van der Waals surface area contributed by atoms with Crippen LogP contribution in [0.3, 0.4) is 0 Å². The Labute approximate surface area is 140 Å². The van der Waals surface area contributed by atoms with Gasteiger partial charge in [0.05, 0.1) is 5.69 Å². The van der Waals surface area contributed by atoms with Gasteiger partial charge in [-0.05, 0) is 42.7 Å². The zero-order valence-corrected chi connectivity index (χ0v) is 13.5. The summed E-state index contributed by atoms with van der Waals surface area (Å²) in [5, 5.41) is 2.51. The summed E-state index contributed by atoms with van der Waals surface area (Å²) in [6, 6.07) is 13.7. The van der Waals surface area contributed by atoms with Gasteiger partial charge in [-0.3, -0.25) is 9.59 Å². The molecule has 3 rings (SSSR count). The summed E-state index contributed by atoms with van der Waals surface area (Å²) in [6.07, 6.45) is 1.36. The third kappa shape index (κ3) is 3.15. The monoisotopic (exact) mass is 326 g/mol. The highest BCUT2D eigenvalue weighted by molar-refractivity contribution is 6.13. The van der Waals surface area contributed by atoms with Crippen molar-refractivity contribution < 1.29 is 14.0 Å². The van der Waals surface area contributed by atoms with Gasteiger partial charge in [0.15, 0.2) is 0 Å². The van der Waals surface area contributed by atoms with Crippen molar-refractivity contribution in [2.45, 2.75) is 19.8 Å². The average Bonchev–Trinajstić information content (AvgIpc) is 2.98. The third-order valence-corrected chi connectivity index (χ3v) is 4.31. The molecule has 0 radical (unpaired) electrons. The number of nitrogens with zero attached hydrogens (tertiary/aromatic N) is 1. The fraction of sp³-hybridized carbons (Fsp3) is 0.263. The smallest absolute Gasteiger partial charge is 0.239 e. The Hall–Kier alpha value is -2.69. The molecule has 0 aromatic heterocycles. The molecule has 4 nitrogen and oxygen atoms in total. The van der Waals surface area contributed by atoms with Crippen LogP contribution in [0.5, 0.6) is 0 Å². The van der Waals surface area contributed by atoms with Crippen LogP contribution in [-0.2, 0) is 16.0 Å². The van der Waals surface area contributed by atoms with Crippen LogP contribution < -0.4 is 10.2 Å². The second kappa shape index (κ2) is 6.83. The zero-order chi connectivity index (χ0) is 17.1. The number of hydrogen-bond acceptors (Lipinski definition) is 2. The van der Waals surface area contributed by atoms with E-state index in [0.29, 0.717) is 13.0 Å². The predicted octanol–water partition coefficient (Wildman–Crippen LogP) is 3.38. The number of anilines is 2. The standard InChI is InChI=1S/C19H19FN2O2/c1-2-13-7-9-14(10-8-13)22-12-11-15(19(22)24)18(23)21-17-6-4-3-5-16(17)20/h3-10,15H,2,11-12H2,1H3,(H,21,23)/t15-/m0/s1. The van der Waals surface area contributed by atoms with E-state index in [2.05, 4.69) is 12.2 Å². The lowest BCUT2D eigenvalue weighted by Gasteiger charge is -2.17. The molecular weight excluding hydrogens is 307 g/mol. The molecule has 1 atom stereocenters. The highest BCUT2D eigenvalue weighted by atomic mass is 19.1. The summed E-state index contributed by atoms with van der Waals surface area (Å²) in [7, 11) is 0. The fourth-order valence-corrected chi connectivity index (χ4v) is 2.87. The van der Waals surface area contributed by atoms with Crippen molar-refractivity contribution in [2.24, 2.45) is 5.92 Å². The van der Waals surface area contributed by atoms with Crippen molar-refractivity contribution in [1.82, 2.24) is 0 Å². The molecule has 0 bridgehead atoms. The zero-order valence-electron chi connectivity index (χ0n) is 13.5. The molecule has 2 amide bonds. The Kier molecular flexibility index (Phi) is 4.60. The summed E-state index contributed by atoms with van der Waals surface area (Å²) in [6.45, 7) is 2.55. The number of hydrogen-bond donors (Lipinski definition) is 1. The van der Waals surface area contributed by atoms with E-state index in [-0.39, 0.29) is 11.6 Å². The number of benzene rings is 2. The number of aryl methyl sites for hydroxylation is 1. The van der Waals surface area contributed by atoms with Gasteiger partial charge in [0, 0.05) is 12.2 Å². The van der Waals surface area contributed by atoms with Gasteiger partial charge in [0.1, 0.15) is 11.7 Å². The molecule has 5 heteroatoms. The lowest BCUT2D eigenvalue weighted by atomic mass is 10.1. The predicted molar refractivity (Wildman–Crippen MR) is 91.3 cm³/mol. The number of nitrogens with one attached hydrogen (secondary N) is 1. The molecule has 0 unspecified atom stereocenters. The summed E-state index contributed by atoms with van der Waals surface area (Å²) in [5.74, 6) is -2.00. The fourth-order valence-electron chi connectivity index (χ4n) is 2.87. The van der Waals surface area contributed by atoms with Crippen LogP contribution in [0.15, 0.2) is 48.5 Å². The largest absolute Gasteiger partial charge is 0.323 e. The van der Waals surface area contributed by atoms with Crippen molar-refractivity contribution in [3.05, 3.63) is 59.9 Å². The summed E-state index contributed by atoms with van der Waals surface area (Å²) in [4.78, 5) is 26.5. The molecule has 1 N–H and O–H groups in total. The van der Waals surface area contributed by atoms with Crippen molar-refractivity contribution >= 4 is 23.2 Å². The first-order chi connectivity index (χ1) is 11.6. The van der Waals surface area contributed by atoms with Crippen LogP contribution >= 0.6 is 0 Å². The van der Waals surface area contributed by atoms with Crippen LogP contribution in [0, 0.1) is 11.7 Å². The number of amides is 2. The van der Waals surface area contributed by atoms with Crippen molar-refractivity contribution in [1.29, 1.82) is 0 Å². The van der Waals surface area contributed by atoms with E-state index in [0.717, 1.165) is 12.1 Å². The Morgan fingerprint density at radius 3 is 2.58 bits per heavy atom. The van der Waals surface area contributed by atoms with Gasteiger partial charge >= 0.3 is 0 Å². The molecule has 1 aliphatic rings. The Balaban J connectivity index is 1.71. The van der Waals surface area contributed by atoms with E-state index in [1.807, 2.05) is 24.3 Å². The van der Waals surface area contributed by atoms with E-state index in [1.54, 1.807) is 17.0 Å². The molecule has 1 heterocycles. The van der Waals surface area contributed by atoms with Gasteiger partial charge in [0.2, 0.25) is 11.8 Å². The number of rotatable bonds is 4. The molecule has 2 aromatic carbocycles. The summed E-state index contributed by atoms with van der Waals surface area (Å²) < 4.78 is 13.6. The van der Waals surface area contributed by atoms with Gasteiger partial charge in [-0.1, -0.05) is 31.2 Å². The van der Waals surface area contributed by atoms with Crippen LogP contribution in [0.25, 0.3) is 0 Å². The summed E-state index contributed by atoms with van der Waals surface area (Å²) >= 11 is 0. The number of halogens is 1. The molecule has 124 valence electrons. The van der Waals surface area contributed by atoms with Crippen LogP contribution in [0.2, 0.25) is 0 Å². The molecule has 0 spiro atoms. The van der Waals surface area contributed by atoms with Crippen LogP contribution in [0.4, 0.5) is 15.8 Å². The molecule has 0 saturated carbocycles. The lowest BCUT2D eigenvalue weighted by molar-refractivity contribution is -0.129. The molecule has 2 aromatic rings. The molecule has 1 fully saturated rings. The number of carbonyl (C=O) groups is 2. The van der Waals surface area contributed by atoms with Crippen molar-refractivity contribution in [3.8, 4) is 0 Å². The lowest BCUT2D eigenvalue weighted by Crippen LogP contribution is -2.33. The van der Waals surface area contributed by atoms with Crippen molar-refractivity contribution in [3.63, 3.8) is 0 Å². The molecule has 24 heavy (non-hydrogen) atoms. The van der Waals surface area contributed by atoms with E-state index in [4.69, 9.17) is 0 Å². The van der Waals surface area contributed by atoms with Gasteiger partial charge in [-0.15, -0.1) is 0 Å². The van der Waals surface area contributed by atoms with Gasteiger partial charge in [-0.2, -0.15) is 0 Å². The summed E-state index contributed by atoms with van der Waals surface area (Å²) in [5.41, 5.74) is 2.08. The number of carbonyl (C=O) groups excluding carboxylic acids is 2. The maximum atomic E-state index is 13.6. The second-order valence-corrected chi connectivity index (χ2v) is 5.82. The SMILES string of the molecule is CCc1ccc(N2CC[C@@H](C(=O)Nc3ccccc3F)C2=O)cc1. The molecular formula is C19H19FN2O2. The highest BCUT2D eigenvalue weighted by Crippen LogP contribution is 2.27. The highest BCUT2D eigenvalue weighted by Gasteiger charge is 2.37. The first kappa shape index (κ1) is 16.2. The van der Waals surface area contributed by atoms with Gasteiger partial charge < -0.3 is 10.2 Å². The Morgan fingerprint density at radius 1 is 1.21 bits per heavy atom. The number of para-hydroxylation sites is 1. The molecule has 1 saturated heterocycles. The van der Waals surface area contributed by atoms with Crippen LogP contribution in [0.1, 0.15) is 18.9 Å². The van der Waals surface area contributed by atoms with Crippen molar-refractivity contribution in [2.75, 3.05) is 16.8 Å². The van der Waals surface area contributed by atoms with E-state index in [9.17, 15) is 14.0 Å². The second-order valence-electron chi connectivity index (χ2n) is 5.82.